The molecule has 1 fully saturated rings. The minimum Gasteiger partial charge on any atom is -0.476 e. The average Bonchev–Trinajstić information content (AvgIpc) is 2.71. The summed E-state index contributed by atoms with van der Waals surface area (Å²) in [5.41, 5.74) is -0.193. The lowest BCUT2D eigenvalue weighted by Crippen LogP contribution is -2.13. The number of hydrogen-bond donors (Lipinski definition) is 1. The number of carbonyl (C=O) groups is 1. The van der Waals surface area contributed by atoms with Crippen molar-refractivity contribution in [1.29, 1.82) is 0 Å². The molecule has 1 aliphatic rings. The predicted octanol–water partition coefficient (Wildman–Crippen LogP) is 1.45. The Balaban J connectivity index is 2.26. The van der Waals surface area contributed by atoms with Crippen molar-refractivity contribution in [2.45, 2.75) is 12.3 Å². The van der Waals surface area contributed by atoms with E-state index >= 15 is 0 Å². The van der Waals surface area contributed by atoms with E-state index in [1.807, 2.05) is 7.05 Å². The Hall–Kier alpha value is -1.07. The highest BCUT2D eigenvalue weighted by molar-refractivity contribution is 6.33. The van der Waals surface area contributed by atoms with Gasteiger partial charge in [0.1, 0.15) is 5.02 Å². The molecule has 0 aromatic carbocycles. The van der Waals surface area contributed by atoms with Crippen LogP contribution in [0.3, 0.4) is 0 Å². The first-order chi connectivity index (χ1) is 7.09. The normalized spacial score (nSPS) is 22.1. The Kier molecular flexibility index (Phi) is 2.67. The van der Waals surface area contributed by atoms with E-state index in [1.54, 1.807) is 0 Å². The van der Waals surface area contributed by atoms with Crippen LogP contribution < -0.4 is 0 Å². The van der Waals surface area contributed by atoms with E-state index in [0.29, 0.717) is 5.76 Å². The standard InChI is InChI=1S/C9H11ClN2O3/c1-12-3-2-5(4-12)8-6(10)7(9(13)14)11-15-8/h5H,2-4H2,1H3,(H,13,14). The molecule has 1 atom stereocenters. The summed E-state index contributed by atoms with van der Waals surface area (Å²) in [6.07, 6.45) is 0.921. The maximum atomic E-state index is 10.7. The van der Waals surface area contributed by atoms with Gasteiger partial charge in [0.25, 0.3) is 0 Å². The molecular formula is C9H11ClN2O3. The number of rotatable bonds is 2. The number of likely N-dealkylation sites (N-methyl/N-ethyl adjacent to an activating group) is 1. The van der Waals surface area contributed by atoms with Crippen LogP contribution in [0.4, 0.5) is 0 Å². The maximum absolute atomic E-state index is 10.7. The van der Waals surface area contributed by atoms with Crippen LogP contribution in [-0.4, -0.2) is 41.3 Å². The van der Waals surface area contributed by atoms with Crippen LogP contribution in [-0.2, 0) is 0 Å². The zero-order valence-electron chi connectivity index (χ0n) is 8.23. The van der Waals surface area contributed by atoms with Gasteiger partial charge in [0.2, 0.25) is 5.69 Å². The molecule has 1 saturated heterocycles. The molecular weight excluding hydrogens is 220 g/mol. The van der Waals surface area contributed by atoms with E-state index < -0.39 is 5.97 Å². The SMILES string of the molecule is CN1CCC(c2onc(C(=O)O)c2Cl)C1. The number of aromatic nitrogens is 1. The van der Waals surface area contributed by atoms with Crippen molar-refractivity contribution in [3.05, 3.63) is 16.5 Å². The van der Waals surface area contributed by atoms with Crippen molar-refractivity contribution in [3.63, 3.8) is 0 Å². The Bertz CT molecular complexity index is 391. The summed E-state index contributed by atoms with van der Waals surface area (Å²) in [7, 11) is 2.00. The number of hydrogen-bond acceptors (Lipinski definition) is 4. The zero-order chi connectivity index (χ0) is 11.0. The lowest BCUT2D eigenvalue weighted by Gasteiger charge is -2.06. The molecule has 0 amide bonds. The first kappa shape index (κ1) is 10.4. The van der Waals surface area contributed by atoms with Crippen molar-refractivity contribution >= 4 is 17.6 Å². The van der Waals surface area contributed by atoms with E-state index in [0.717, 1.165) is 19.5 Å². The molecule has 2 rings (SSSR count). The molecule has 0 bridgehead atoms. The summed E-state index contributed by atoms with van der Waals surface area (Å²) < 4.78 is 5.00. The average molecular weight is 231 g/mol. The van der Waals surface area contributed by atoms with Crippen molar-refractivity contribution in [2.24, 2.45) is 0 Å². The molecule has 15 heavy (non-hydrogen) atoms. The quantitative estimate of drug-likeness (QED) is 0.833. The number of likely N-dealkylation sites (tertiary alicyclic amines) is 1. The summed E-state index contributed by atoms with van der Waals surface area (Å²) in [5.74, 6) is -0.497. The highest BCUT2D eigenvalue weighted by Crippen LogP contribution is 2.33. The van der Waals surface area contributed by atoms with Gasteiger partial charge in [0.15, 0.2) is 5.76 Å². The van der Waals surface area contributed by atoms with Gasteiger partial charge >= 0.3 is 5.97 Å². The molecule has 1 aromatic heterocycles. The molecule has 82 valence electrons. The second kappa shape index (κ2) is 3.83. The minimum atomic E-state index is -1.15. The largest absolute Gasteiger partial charge is 0.476 e. The van der Waals surface area contributed by atoms with Crippen molar-refractivity contribution in [1.82, 2.24) is 10.1 Å². The molecule has 1 N–H and O–H groups in total. The predicted molar refractivity (Wildman–Crippen MR) is 53.3 cm³/mol. The monoisotopic (exact) mass is 230 g/mol. The van der Waals surface area contributed by atoms with Gasteiger partial charge in [-0.25, -0.2) is 4.79 Å². The molecule has 0 saturated carbocycles. The first-order valence-electron chi connectivity index (χ1n) is 4.66. The van der Waals surface area contributed by atoms with E-state index in [2.05, 4.69) is 10.1 Å². The van der Waals surface area contributed by atoms with Gasteiger partial charge in [-0.2, -0.15) is 0 Å². The number of nitrogens with zero attached hydrogens (tertiary/aromatic N) is 2. The molecule has 5 nitrogen and oxygen atoms in total. The molecule has 1 unspecified atom stereocenters. The third-order valence-corrected chi connectivity index (χ3v) is 2.99. The van der Waals surface area contributed by atoms with E-state index in [4.69, 9.17) is 21.2 Å². The van der Waals surface area contributed by atoms with Gasteiger partial charge in [-0.05, 0) is 20.0 Å². The lowest BCUT2D eigenvalue weighted by molar-refractivity contribution is 0.0685. The third-order valence-electron chi connectivity index (χ3n) is 2.62. The van der Waals surface area contributed by atoms with Gasteiger partial charge < -0.3 is 14.5 Å². The van der Waals surface area contributed by atoms with Crippen LogP contribution in [0.15, 0.2) is 4.52 Å². The first-order valence-corrected chi connectivity index (χ1v) is 5.04. The highest BCUT2D eigenvalue weighted by atomic mass is 35.5. The Morgan fingerprint density at radius 2 is 2.47 bits per heavy atom. The van der Waals surface area contributed by atoms with Gasteiger partial charge in [0, 0.05) is 12.5 Å². The van der Waals surface area contributed by atoms with E-state index in [1.165, 1.54) is 0 Å². The minimum absolute atomic E-state index is 0.141. The van der Waals surface area contributed by atoms with Crippen LogP contribution >= 0.6 is 11.6 Å². The van der Waals surface area contributed by atoms with Crippen LogP contribution in [0.5, 0.6) is 0 Å². The van der Waals surface area contributed by atoms with Crippen molar-refractivity contribution < 1.29 is 14.4 Å². The van der Waals surface area contributed by atoms with Crippen LogP contribution in [0.1, 0.15) is 28.6 Å². The van der Waals surface area contributed by atoms with E-state index in [9.17, 15) is 4.79 Å². The fraction of sp³-hybridized carbons (Fsp3) is 0.556. The number of aromatic carboxylic acids is 1. The van der Waals surface area contributed by atoms with Gasteiger partial charge in [-0.1, -0.05) is 16.8 Å². The number of carboxylic acids is 1. The van der Waals surface area contributed by atoms with Gasteiger partial charge in [-0.3, -0.25) is 0 Å². The van der Waals surface area contributed by atoms with Crippen LogP contribution in [0.25, 0.3) is 0 Å². The Labute approximate surface area is 91.6 Å². The molecule has 0 spiro atoms. The van der Waals surface area contributed by atoms with Crippen LogP contribution in [0.2, 0.25) is 5.02 Å². The van der Waals surface area contributed by atoms with E-state index in [-0.39, 0.29) is 16.6 Å². The molecule has 1 aliphatic heterocycles. The zero-order valence-corrected chi connectivity index (χ0v) is 8.99. The molecule has 0 radical (unpaired) electrons. The fourth-order valence-electron chi connectivity index (χ4n) is 1.83. The topological polar surface area (TPSA) is 66.6 Å². The number of carboxylic acid groups (broad SMARTS) is 1. The molecule has 6 heteroatoms. The summed E-state index contributed by atoms with van der Waals surface area (Å²) in [6, 6.07) is 0. The molecule has 0 aliphatic carbocycles. The Morgan fingerprint density at radius 3 is 2.93 bits per heavy atom. The van der Waals surface area contributed by atoms with Crippen molar-refractivity contribution in [3.8, 4) is 0 Å². The fourth-order valence-corrected chi connectivity index (χ4v) is 2.13. The second-order valence-corrected chi connectivity index (χ2v) is 4.14. The smallest absolute Gasteiger partial charge is 0.359 e. The Morgan fingerprint density at radius 1 is 1.73 bits per heavy atom. The molecule has 2 heterocycles. The summed E-state index contributed by atoms with van der Waals surface area (Å²) in [4.78, 5) is 12.8. The number of halogens is 1. The summed E-state index contributed by atoms with van der Waals surface area (Å²) >= 11 is 5.89. The van der Waals surface area contributed by atoms with Gasteiger partial charge in [-0.15, -0.1) is 0 Å². The second-order valence-electron chi connectivity index (χ2n) is 3.76. The summed E-state index contributed by atoms with van der Waals surface area (Å²) in [5, 5.41) is 12.4. The lowest BCUT2D eigenvalue weighted by atomic mass is 10.1. The maximum Gasteiger partial charge on any atom is 0.359 e. The highest BCUT2D eigenvalue weighted by Gasteiger charge is 2.30. The van der Waals surface area contributed by atoms with Crippen LogP contribution in [0, 0.1) is 0 Å². The third kappa shape index (κ3) is 1.85. The van der Waals surface area contributed by atoms with Crippen molar-refractivity contribution in [2.75, 3.05) is 20.1 Å². The molecule has 1 aromatic rings. The van der Waals surface area contributed by atoms with Gasteiger partial charge in [0.05, 0.1) is 0 Å². The summed E-state index contributed by atoms with van der Waals surface area (Å²) in [6.45, 7) is 1.79.